The van der Waals surface area contributed by atoms with Crippen LogP contribution >= 0.6 is 0 Å². The molecule has 3 atom stereocenters. The van der Waals surface area contributed by atoms with E-state index in [1.54, 1.807) is 0 Å². The lowest BCUT2D eigenvalue weighted by Crippen LogP contribution is -2.60. The molecule has 32 heavy (non-hydrogen) atoms. The van der Waals surface area contributed by atoms with Crippen molar-refractivity contribution in [2.75, 3.05) is 0 Å². The highest BCUT2D eigenvalue weighted by Gasteiger charge is 2.61. The Hall–Kier alpha value is -1.50. The molecule has 0 radical (unpaired) electrons. The van der Waals surface area contributed by atoms with Crippen LogP contribution in [0.25, 0.3) is 0 Å². The Bertz CT molecular complexity index is 651. The van der Waals surface area contributed by atoms with Gasteiger partial charge in [-0.15, -0.1) is 0 Å². The van der Waals surface area contributed by atoms with Gasteiger partial charge in [-0.05, 0) is 95.3 Å². The SMILES string of the molecule is CC(C)(C)OC(=O)N[C@H](CCCCCC/C=C\CCCC#N)CC12CCCC(C1)C2(C)C. The lowest BCUT2D eigenvalue weighted by atomic mass is 9.38. The average molecular weight is 445 g/mol. The van der Waals surface area contributed by atoms with Crippen LogP contribution in [0.2, 0.25) is 0 Å². The lowest BCUT2D eigenvalue weighted by Gasteiger charge is -2.67. The standard InChI is InChI=1S/C28H48N2O2/c1-26(2,3)32-25(31)30-24(22-28-19-16-17-23(21-28)27(28,4)5)18-14-12-10-8-6-7-9-11-13-15-20-29/h7,9,23-24H,6,8,10-19,21-22H2,1-5H3,(H,30,31)/b9-7-/t23?,24-,28?/m1/s1. The second-order valence-electron chi connectivity index (χ2n) is 11.9. The number of carbonyl (C=O) groups is 1. The summed E-state index contributed by atoms with van der Waals surface area (Å²) in [6, 6.07) is 2.40. The van der Waals surface area contributed by atoms with Crippen molar-refractivity contribution in [1.29, 1.82) is 5.26 Å². The maximum Gasteiger partial charge on any atom is 0.407 e. The van der Waals surface area contributed by atoms with Gasteiger partial charge in [0.15, 0.2) is 0 Å². The zero-order valence-corrected chi connectivity index (χ0v) is 21.5. The van der Waals surface area contributed by atoms with E-state index in [2.05, 4.69) is 37.4 Å². The summed E-state index contributed by atoms with van der Waals surface area (Å²) in [4.78, 5) is 12.5. The molecular weight excluding hydrogens is 396 g/mol. The normalized spacial score (nSPS) is 25.1. The van der Waals surface area contributed by atoms with E-state index >= 15 is 0 Å². The zero-order chi connectivity index (χ0) is 23.7. The van der Waals surface area contributed by atoms with Gasteiger partial charge in [-0.1, -0.05) is 51.7 Å². The molecule has 0 heterocycles. The van der Waals surface area contributed by atoms with Crippen LogP contribution in [-0.2, 0) is 4.74 Å². The number of rotatable bonds is 13. The first-order valence-corrected chi connectivity index (χ1v) is 13.1. The molecule has 0 spiro atoms. The number of nitriles is 1. The summed E-state index contributed by atoms with van der Waals surface area (Å²) < 4.78 is 5.59. The molecule has 4 heteroatoms. The monoisotopic (exact) mass is 444 g/mol. The number of amides is 1. The summed E-state index contributed by atoms with van der Waals surface area (Å²) in [7, 11) is 0. The van der Waals surface area contributed by atoms with E-state index in [1.807, 2.05) is 20.8 Å². The topological polar surface area (TPSA) is 62.1 Å². The fourth-order valence-corrected chi connectivity index (χ4v) is 6.03. The Morgan fingerprint density at radius 3 is 2.47 bits per heavy atom. The van der Waals surface area contributed by atoms with E-state index < -0.39 is 5.60 Å². The number of ether oxygens (including phenoxy) is 1. The van der Waals surface area contributed by atoms with Crippen molar-refractivity contribution in [3.8, 4) is 6.07 Å². The van der Waals surface area contributed by atoms with Crippen LogP contribution in [0, 0.1) is 28.1 Å². The molecule has 0 aromatic heterocycles. The van der Waals surface area contributed by atoms with Gasteiger partial charge in [-0.2, -0.15) is 5.26 Å². The van der Waals surface area contributed by atoms with Gasteiger partial charge in [-0.3, -0.25) is 0 Å². The van der Waals surface area contributed by atoms with Crippen molar-refractivity contribution in [2.24, 2.45) is 16.7 Å². The highest BCUT2D eigenvalue weighted by atomic mass is 16.6. The summed E-state index contributed by atoms with van der Waals surface area (Å²) in [6.45, 7) is 10.7. The highest BCUT2D eigenvalue weighted by molar-refractivity contribution is 5.68. The molecule has 0 saturated heterocycles. The number of hydrogen-bond acceptors (Lipinski definition) is 3. The third kappa shape index (κ3) is 7.82. The molecule has 3 aliphatic rings. The van der Waals surface area contributed by atoms with Gasteiger partial charge in [0, 0.05) is 12.5 Å². The maximum absolute atomic E-state index is 12.5. The van der Waals surface area contributed by atoms with Crippen LogP contribution in [0.3, 0.4) is 0 Å². The van der Waals surface area contributed by atoms with Crippen LogP contribution in [0.5, 0.6) is 0 Å². The minimum atomic E-state index is -0.458. The van der Waals surface area contributed by atoms with Gasteiger partial charge in [0.1, 0.15) is 5.60 Å². The number of alkyl carbamates (subject to hydrolysis) is 1. The van der Waals surface area contributed by atoms with Crippen molar-refractivity contribution < 1.29 is 9.53 Å². The quantitative estimate of drug-likeness (QED) is 0.231. The fourth-order valence-electron chi connectivity index (χ4n) is 6.03. The Morgan fingerprint density at radius 1 is 1.16 bits per heavy atom. The molecule has 3 aliphatic carbocycles. The summed E-state index contributed by atoms with van der Waals surface area (Å²) in [5, 5.41) is 11.8. The second-order valence-corrected chi connectivity index (χ2v) is 11.9. The van der Waals surface area contributed by atoms with Crippen LogP contribution < -0.4 is 5.32 Å². The maximum atomic E-state index is 12.5. The van der Waals surface area contributed by atoms with Gasteiger partial charge in [0.25, 0.3) is 0 Å². The minimum Gasteiger partial charge on any atom is -0.444 e. The minimum absolute atomic E-state index is 0.211. The van der Waals surface area contributed by atoms with Gasteiger partial charge in [0.2, 0.25) is 0 Å². The summed E-state index contributed by atoms with van der Waals surface area (Å²) >= 11 is 0. The van der Waals surface area contributed by atoms with Crippen LogP contribution in [-0.4, -0.2) is 17.7 Å². The first kappa shape index (κ1) is 26.7. The first-order valence-electron chi connectivity index (χ1n) is 13.1. The first-order chi connectivity index (χ1) is 15.1. The Balaban J connectivity index is 1.77. The Kier molecular flexibility index (Phi) is 10.1. The number of nitrogens with one attached hydrogen (secondary N) is 1. The predicted molar refractivity (Wildman–Crippen MR) is 132 cm³/mol. The van der Waals surface area contributed by atoms with E-state index in [0.717, 1.165) is 44.4 Å². The molecule has 1 amide bonds. The van der Waals surface area contributed by atoms with E-state index in [1.165, 1.54) is 44.9 Å². The molecule has 3 saturated carbocycles. The molecule has 3 rings (SSSR count). The number of unbranched alkanes of at least 4 members (excludes halogenated alkanes) is 6. The van der Waals surface area contributed by atoms with Gasteiger partial charge >= 0.3 is 6.09 Å². The van der Waals surface area contributed by atoms with Crippen LogP contribution in [0.4, 0.5) is 4.79 Å². The number of fused-ring (bicyclic) bond motifs is 2. The summed E-state index contributed by atoms with van der Waals surface area (Å²) in [5.41, 5.74) is 0.339. The molecule has 0 aliphatic heterocycles. The molecule has 3 fully saturated rings. The largest absolute Gasteiger partial charge is 0.444 e. The van der Waals surface area contributed by atoms with Crippen LogP contribution in [0.15, 0.2) is 12.2 Å². The summed E-state index contributed by atoms with van der Waals surface area (Å²) in [6.07, 6.45) is 20.3. The zero-order valence-electron chi connectivity index (χ0n) is 21.5. The highest BCUT2D eigenvalue weighted by Crippen LogP contribution is 2.69. The molecule has 2 bridgehead atoms. The Morgan fingerprint density at radius 2 is 1.84 bits per heavy atom. The number of carbonyl (C=O) groups excluding carboxylic acids is 1. The van der Waals surface area contributed by atoms with Crippen molar-refractivity contribution in [3.63, 3.8) is 0 Å². The third-order valence-corrected chi connectivity index (χ3v) is 8.09. The number of allylic oxidation sites excluding steroid dienone is 2. The van der Waals surface area contributed by atoms with Crippen molar-refractivity contribution >= 4 is 6.09 Å². The van der Waals surface area contributed by atoms with Gasteiger partial charge in [0.05, 0.1) is 6.07 Å². The molecule has 2 unspecified atom stereocenters. The lowest BCUT2D eigenvalue weighted by molar-refractivity contribution is -0.169. The van der Waals surface area contributed by atoms with Crippen molar-refractivity contribution in [3.05, 3.63) is 12.2 Å². The number of nitrogens with zero attached hydrogens (tertiary/aromatic N) is 1. The molecule has 0 aromatic carbocycles. The molecule has 4 nitrogen and oxygen atoms in total. The van der Waals surface area contributed by atoms with Gasteiger partial charge < -0.3 is 10.1 Å². The molecular formula is C28H48N2O2. The average Bonchev–Trinajstić information content (AvgIpc) is 2.70. The molecule has 0 aromatic rings. The van der Waals surface area contributed by atoms with Gasteiger partial charge in [-0.25, -0.2) is 4.79 Å². The fraction of sp³-hybridized carbons (Fsp3) is 0.857. The van der Waals surface area contributed by atoms with Crippen LogP contribution in [0.1, 0.15) is 125 Å². The molecule has 182 valence electrons. The van der Waals surface area contributed by atoms with E-state index in [4.69, 9.17) is 10.00 Å². The molecule has 1 N–H and O–H groups in total. The van der Waals surface area contributed by atoms with E-state index in [0.29, 0.717) is 17.3 Å². The number of hydrogen-bond donors (Lipinski definition) is 1. The second kappa shape index (κ2) is 12.1. The predicted octanol–water partition coefficient (Wildman–Crippen LogP) is 8.08. The Labute approximate surface area is 197 Å². The summed E-state index contributed by atoms with van der Waals surface area (Å²) in [5.74, 6) is 0.867. The smallest absolute Gasteiger partial charge is 0.407 e. The van der Waals surface area contributed by atoms with Crippen molar-refractivity contribution in [2.45, 2.75) is 136 Å². The van der Waals surface area contributed by atoms with Crippen molar-refractivity contribution in [1.82, 2.24) is 5.32 Å². The van der Waals surface area contributed by atoms with E-state index in [-0.39, 0.29) is 12.1 Å². The third-order valence-electron chi connectivity index (χ3n) is 8.09. The van der Waals surface area contributed by atoms with E-state index in [9.17, 15) is 4.79 Å².